The first-order valence-corrected chi connectivity index (χ1v) is 6.96. The number of allylic oxidation sites excluding steroid dienone is 1. The molecule has 114 valence electrons. The van der Waals surface area contributed by atoms with Crippen molar-refractivity contribution in [3.05, 3.63) is 24.2 Å². The molecule has 2 aliphatic rings. The molecule has 5 N–H and O–H groups in total. The Kier molecular flexibility index (Phi) is 2.98. The van der Waals surface area contributed by atoms with E-state index in [0.29, 0.717) is 16.9 Å². The number of nitrogens with one attached hydrogen (secondary N) is 2. The van der Waals surface area contributed by atoms with Crippen LogP contribution in [0.25, 0.3) is 11.2 Å². The summed E-state index contributed by atoms with van der Waals surface area (Å²) in [5, 5.41) is 16.9. The fourth-order valence-corrected chi connectivity index (χ4v) is 2.81. The third-order valence-electron chi connectivity index (χ3n) is 3.89. The van der Waals surface area contributed by atoms with Gasteiger partial charge in [-0.1, -0.05) is 17.4 Å². The molecule has 1 aliphatic carbocycles. The van der Waals surface area contributed by atoms with Gasteiger partial charge >= 0.3 is 0 Å². The Morgan fingerprint density at radius 2 is 2.27 bits per heavy atom. The molecular weight excluding hydrogens is 286 g/mol. The lowest BCUT2D eigenvalue weighted by molar-refractivity contribution is 0.244. The summed E-state index contributed by atoms with van der Waals surface area (Å²) in [4.78, 5) is 13.0. The third kappa shape index (κ3) is 2.00. The van der Waals surface area contributed by atoms with Crippen LogP contribution in [0.1, 0.15) is 24.3 Å². The van der Waals surface area contributed by atoms with Crippen LogP contribution in [-0.4, -0.2) is 31.2 Å². The van der Waals surface area contributed by atoms with E-state index >= 15 is 0 Å². The summed E-state index contributed by atoms with van der Waals surface area (Å²) in [6, 6.07) is 0.0978. The number of imidazole rings is 1. The molecule has 4 rings (SSSR count). The first-order chi connectivity index (χ1) is 10.8. The van der Waals surface area contributed by atoms with Crippen LogP contribution in [0, 0.1) is 5.92 Å². The summed E-state index contributed by atoms with van der Waals surface area (Å²) in [6.07, 6.45) is 6.15. The van der Waals surface area contributed by atoms with E-state index in [0.717, 1.165) is 6.42 Å². The van der Waals surface area contributed by atoms with Gasteiger partial charge < -0.3 is 15.4 Å². The normalized spacial score (nSPS) is 26.9. The average Bonchev–Trinajstić information content (AvgIpc) is 3.25. The minimum absolute atomic E-state index is 0.0978. The zero-order valence-corrected chi connectivity index (χ0v) is 11.6. The Morgan fingerprint density at radius 3 is 3.00 bits per heavy atom. The highest BCUT2D eigenvalue weighted by molar-refractivity contribution is 5.75. The second-order valence-corrected chi connectivity index (χ2v) is 5.30. The maximum Gasteiger partial charge on any atom is 0.222 e. The molecule has 0 saturated heterocycles. The van der Waals surface area contributed by atoms with Crippen LogP contribution >= 0.6 is 0 Å². The van der Waals surface area contributed by atoms with E-state index in [1.165, 1.54) is 0 Å². The minimum atomic E-state index is -0.444. The third-order valence-corrected chi connectivity index (χ3v) is 3.89. The zero-order valence-electron chi connectivity index (χ0n) is 11.6. The van der Waals surface area contributed by atoms with Crippen LogP contribution in [0.2, 0.25) is 0 Å². The van der Waals surface area contributed by atoms with Crippen LogP contribution < -0.4 is 16.7 Å². The summed E-state index contributed by atoms with van der Waals surface area (Å²) in [5.41, 5.74) is 13.1. The average molecular weight is 301 g/mol. The molecule has 10 nitrogen and oxygen atoms in total. The van der Waals surface area contributed by atoms with Crippen LogP contribution in [0.15, 0.2) is 28.8 Å². The van der Waals surface area contributed by atoms with Gasteiger partial charge in [0.05, 0.1) is 12.4 Å². The van der Waals surface area contributed by atoms with E-state index < -0.39 is 6.17 Å². The van der Waals surface area contributed by atoms with Gasteiger partial charge in [0, 0.05) is 12.5 Å². The molecule has 0 saturated carbocycles. The standard InChI is InChI=1S/C12H15N9O/c13-12-15-8(10-17-19-20-18-10)9-11(16-12)21(5-14-9)7-2-1-6(3-7)4-22/h1-2,5-7,10,22H,3-4H2,(H,17,20)(H,18,19)(H2,13,15,16). The molecule has 0 spiro atoms. The first-order valence-electron chi connectivity index (χ1n) is 6.96. The maximum atomic E-state index is 9.27. The van der Waals surface area contributed by atoms with E-state index in [1.54, 1.807) is 6.33 Å². The van der Waals surface area contributed by atoms with Crippen molar-refractivity contribution in [1.82, 2.24) is 30.5 Å². The lowest BCUT2D eigenvalue weighted by Crippen LogP contribution is -2.25. The predicted octanol–water partition coefficient (Wildman–Crippen LogP) is -0.00840. The molecule has 0 amide bonds. The van der Waals surface area contributed by atoms with Crippen LogP contribution in [0.4, 0.5) is 5.95 Å². The molecule has 3 heterocycles. The lowest BCUT2D eigenvalue weighted by atomic mass is 10.1. The number of hydrazine groups is 1. The highest BCUT2D eigenvalue weighted by atomic mass is 16.3. The van der Waals surface area contributed by atoms with Crippen molar-refractivity contribution >= 4 is 17.1 Å². The molecule has 3 atom stereocenters. The Hall–Kier alpha value is -2.59. The van der Waals surface area contributed by atoms with E-state index in [4.69, 9.17) is 5.73 Å². The summed E-state index contributed by atoms with van der Waals surface area (Å²) in [7, 11) is 0. The molecule has 0 fully saturated rings. The monoisotopic (exact) mass is 301 g/mol. The molecule has 0 radical (unpaired) electrons. The second-order valence-electron chi connectivity index (χ2n) is 5.30. The fourth-order valence-electron chi connectivity index (χ4n) is 2.81. The molecular formula is C12H15N9O. The Labute approximate surface area is 125 Å². The maximum absolute atomic E-state index is 9.27. The van der Waals surface area contributed by atoms with E-state index in [2.05, 4.69) is 42.3 Å². The Morgan fingerprint density at radius 1 is 1.36 bits per heavy atom. The number of hydrogen-bond acceptors (Lipinski definition) is 9. The van der Waals surface area contributed by atoms with Gasteiger partial charge in [-0.2, -0.15) is 10.4 Å². The number of rotatable bonds is 3. The SMILES string of the molecule is Nc1nc(C2N=NNN2)c2ncn(C3C=CC(CO)C3)c2n1. The second kappa shape index (κ2) is 5.00. The first kappa shape index (κ1) is 13.1. The van der Waals surface area contributed by atoms with Crippen molar-refractivity contribution in [3.63, 3.8) is 0 Å². The number of anilines is 1. The number of aliphatic hydroxyl groups is 1. The van der Waals surface area contributed by atoms with Gasteiger partial charge in [0.15, 0.2) is 11.8 Å². The summed E-state index contributed by atoms with van der Waals surface area (Å²) >= 11 is 0. The number of hydrogen-bond donors (Lipinski definition) is 4. The lowest BCUT2D eigenvalue weighted by Gasteiger charge is -2.13. The topological polar surface area (TPSA) is 139 Å². The van der Waals surface area contributed by atoms with Crippen molar-refractivity contribution in [3.8, 4) is 0 Å². The molecule has 3 unspecified atom stereocenters. The van der Waals surface area contributed by atoms with Gasteiger partial charge in [-0.3, -0.25) is 0 Å². The van der Waals surface area contributed by atoms with Crippen molar-refractivity contribution in [1.29, 1.82) is 0 Å². The number of aliphatic hydroxyl groups excluding tert-OH is 1. The molecule has 10 heteroatoms. The predicted molar refractivity (Wildman–Crippen MR) is 77.0 cm³/mol. The highest BCUT2D eigenvalue weighted by Crippen LogP contribution is 2.31. The summed E-state index contributed by atoms with van der Waals surface area (Å²) in [5.74, 6) is 0.324. The Bertz CT molecular complexity index is 767. The van der Waals surface area contributed by atoms with Crippen molar-refractivity contribution < 1.29 is 5.11 Å². The molecule has 1 aliphatic heterocycles. The van der Waals surface area contributed by atoms with Gasteiger partial charge in [-0.15, -0.1) is 5.11 Å². The summed E-state index contributed by atoms with van der Waals surface area (Å²) < 4.78 is 1.95. The zero-order chi connectivity index (χ0) is 15.1. The van der Waals surface area contributed by atoms with Gasteiger partial charge in [-0.05, 0) is 6.42 Å². The Balaban J connectivity index is 1.79. The number of aromatic nitrogens is 4. The van der Waals surface area contributed by atoms with Gasteiger partial charge in [-0.25, -0.2) is 15.5 Å². The minimum Gasteiger partial charge on any atom is -0.396 e. The van der Waals surface area contributed by atoms with Gasteiger partial charge in [0.2, 0.25) is 5.95 Å². The van der Waals surface area contributed by atoms with Crippen LogP contribution in [0.3, 0.4) is 0 Å². The largest absolute Gasteiger partial charge is 0.396 e. The van der Waals surface area contributed by atoms with Crippen molar-refractivity contribution in [2.75, 3.05) is 12.3 Å². The number of nitrogens with zero attached hydrogens (tertiary/aromatic N) is 6. The molecule has 0 bridgehead atoms. The number of fused-ring (bicyclic) bond motifs is 1. The molecule has 22 heavy (non-hydrogen) atoms. The van der Waals surface area contributed by atoms with E-state index in [9.17, 15) is 5.11 Å². The van der Waals surface area contributed by atoms with E-state index in [-0.39, 0.29) is 24.5 Å². The number of nitrogen functional groups attached to an aromatic ring is 1. The van der Waals surface area contributed by atoms with Crippen LogP contribution in [-0.2, 0) is 0 Å². The number of nitrogens with two attached hydrogens (primary N) is 1. The highest BCUT2D eigenvalue weighted by Gasteiger charge is 2.26. The molecule has 0 aromatic carbocycles. The van der Waals surface area contributed by atoms with Crippen molar-refractivity contribution in [2.45, 2.75) is 18.6 Å². The quantitative estimate of drug-likeness (QED) is 0.585. The van der Waals surface area contributed by atoms with Gasteiger partial charge in [0.25, 0.3) is 0 Å². The van der Waals surface area contributed by atoms with Gasteiger partial charge in [0.1, 0.15) is 11.2 Å². The molecule has 2 aromatic heterocycles. The molecule has 2 aromatic rings. The fraction of sp³-hybridized carbons (Fsp3) is 0.417. The van der Waals surface area contributed by atoms with Crippen molar-refractivity contribution in [2.24, 2.45) is 16.3 Å². The summed E-state index contributed by atoms with van der Waals surface area (Å²) in [6.45, 7) is 0.139. The van der Waals surface area contributed by atoms with Crippen LogP contribution in [0.5, 0.6) is 0 Å². The smallest absolute Gasteiger partial charge is 0.222 e. The van der Waals surface area contributed by atoms with E-state index in [1.807, 2.05) is 10.6 Å².